The molecule has 0 aliphatic heterocycles. The lowest BCUT2D eigenvalue weighted by Crippen LogP contribution is -2.41. The molecule has 0 saturated heterocycles. The number of carbonyl (C=O) groups excluding carboxylic acids is 1. The molecule has 0 saturated carbocycles. The van der Waals surface area contributed by atoms with Crippen molar-refractivity contribution in [3.8, 4) is 10.6 Å². The summed E-state index contributed by atoms with van der Waals surface area (Å²) < 4.78 is 0. The molecule has 2 aromatic rings. The third kappa shape index (κ3) is 5.88. The van der Waals surface area contributed by atoms with Crippen molar-refractivity contribution < 1.29 is 14.7 Å². The first kappa shape index (κ1) is 20.0. The summed E-state index contributed by atoms with van der Waals surface area (Å²) in [6.45, 7) is 0. The van der Waals surface area contributed by atoms with E-state index in [0.29, 0.717) is 32.9 Å². The van der Waals surface area contributed by atoms with E-state index in [4.69, 9.17) is 28.3 Å². The van der Waals surface area contributed by atoms with Crippen LogP contribution in [0.15, 0.2) is 23.6 Å². The van der Waals surface area contributed by atoms with E-state index in [9.17, 15) is 9.59 Å². The van der Waals surface area contributed by atoms with Crippen molar-refractivity contribution in [1.29, 1.82) is 0 Å². The molecule has 2 rings (SSSR count). The molecule has 0 unspecified atom stereocenters. The first-order chi connectivity index (χ1) is 11.9. The van der Waals surface area contributed by atoms with Crippen molar-refractivity contribution in [2.24, 2.45) is 0 Å². The van der Waals surface area contributed by atoms with Crippen molar-refractivity contribution in [2.75, 3.05) is 12.0 Å². The van der Waals surface area contributed by atoms with Crippen LogP contribution in [0.2, 0.25) is 10.0 Å². The maximum Gasteiger partial charge on any atom is 0.326 e. The van der Waals surface area contributed by atoms with E-state index < -0.39 is 12.0 Å². The highest BCUT2D eigenvalue weighted by Crippen LogP contribution is 2.32. The molecule has 5 nitrogen and oxygen atoms in total. The van der Waals surface area contributed by atoms with Gasteiger partial charge in [0.05, 0.1) is 17.1 Å². The minimum Gasteiger partial charge on any atom is -0.480 e. The number of hydrogen-bond acceptors (Lipinski definition) is 5. The second-order valence-electron chi connectivity index (χ2n) is 5.18. The molecule has 0 fully saturated rings. The van der Waals surface area contributed by atoms with Gasteiger partial charge in [0.25, 0.3) is 0 Å². The highest BCUT2D eigenvalue weighted by molar-refractivity contribution is 7.98. The van der Waals surface area contributed by atoms with Crippen LogP contribution in [-0.2, 0) is 16.0 Å². The Bertz CT molecular complexity index is 768. The van der Waals surface area contributed by atoms with Crippen molar-refractivity contribution in [2.45, 2.75) is 18.9 Å². The summed E-state index contributed by atoms with van der Waals surface area (Å²) in [5.74, 6) is -0.741. The normalized spacial score (nSPS) is 12.0. The number of carbonyl (C=O) groups is 2. The summed E-state index contributed by atoms with van der Waals surface area (Å²) >= 11 is 15.0. The summed E-state index contributed by atoms with van der Waals surface area (Å²) in [5.41, 5.74) is 1.31. The lowest BCUT2D eigenvalue weighted by molar-refractivity contribution is -0.141. The molecule has 1 amide bonds. The van der Waals surface area contributed by atoms with Crippen LogP contribution in [0.4, 0.5) is 0 Å². The number of thioether (sulfide) groups is 1. The topological polar surface area (TPSA) is 79.3 Å². The number of nitrogens with one attached hydrogen (secondary N) is 1. The van der Waals surface area contributed by atoms with Crippen molar-refractivity contribution in [3.63, 3.8) is 0 Å². The number of nitrogens with zero attached hydrogens (tertiary/aromatic N) is 1. The smallest absolute Gasteiger partial charge is 0.326 e. The zero-order valence-corrected chi connectivity index (χ0v) is 16.4. The highest BCUT2D eigenvalue weighted by atomic mass is 35.5. The van der Waals surface area contributed by atoms with Crippen molar-refractivity contribution in [1.82, 2.24) is 10.3 Å². The molecule has 1 aromatic heterocycles. The van der Waals surface area contributed by atoms with Crippen LogP contribution >= 0.6 is 46.3 Å². The Balaban J connectivity index is 2.02. The van der Waals surface area contributed by atoms with Crippen LogP contribution in [0, 0.1) is 0 Å². The Hall–Kier alpha value is -1.28. The van der Waals surface area contributed by atoms with Gasteiger partial charge in [-0.25, -0.2) is 9.78 Å². The van der Waals surface area contributed by atoms with Crippen LogP contribution < -0.4 is 5.32 Å². The van der Waals surface area contributed by atoms with Gasteiger partial charge in [-0.05, 0) is 36.6 Å². The maximum atomic E-state index is 12.1. The van der Waals surface area contributed by atoms with E-state index in [0.717, 1.165) is 5.56 Å². The molecule has 2 N–H and O–H groups in total. The number of hydrogen-bond donors (Lipinski definition) is 2. The maximum absolute atomic E-state index is 12.1. The first-order valence-electron chi connectivity index (χ1n) is 7.31. The molecule has 9 heteroatoms. The number of amides is 1. The number of aromatic nitrogens is 1. The molecule has 0 aliphatic rings. The predicted molar refractivity (Wildman–Crippen MR) is 104 cm³/mol. The lowest BCUT2D eigenvalue weighted by atomic mass is 10.2. The highest BCUT2D eigenvalue weighted by Gasteiger charge is 2.20. The van der Waals surface area contributed by atoms with E-state index in [2.05, 4.69) is 10.3 Å². The fourth-order valence-electron chi connectivity index (χ4n) is 2.08. The summed E-state index contributed by atoms with van der Waals surface area (Å²) in [6, 6.07) is 4.24. The van der Waals surface area contributed by atoms with Gasteiger partial charge < -0.3 is 10.4 Å². The van der Waals surface area contributed by atoms with Gasteiger partial charge in [-0.1, -0.05) is 23.2 Å². The van der Waals surface area contributed by atoms with Crippen LogP contribution in [0.5, 0.6) is 0 Å². The summed E-state index contributed by atoms with van der Waals surface area (Å²) in [4.78, 5) is 27.7. The summed E-state index contributed by atoms with van der Waals surface area (Å²) in [5, 5.41) is 15.2. The second-order valence-corrected chi connectivity index (χ2v) is 7.87. The third-order valence-corrected chi connectivity index (χ3v) is 5.42. The first-order valence-corrected chi connectivity index (χ1v) is 10.3. The minimum absolute atomic E-state index is 0.0186. The Kier molecular flexibility index (Phi) is 7.56. The van der Waals surface area contributed by atoms with Gasteiger partial charge in [0.15, 0.2) is 0 Å². The zero-order valence-electron chi connectivity index (χ0n) is 13.3. The van der Waals surface area contributed by atoms with E-state index in [1.807, 2.05) is 6.26 Å². The molecule has 1 aromatic carbocycles. The van der Waals surface area contributed by atoms with Gasteiger partial charge in [-0.15, -0.1) is 11.3 Å². The van der Waals surface area contributed by atoms with Gasteiger partial charge in [0, 0.05) is 16.0 Å². The van der Waals surface area contributed by atoms with Crippen LogP contribution in [0.25, 0.3) is 10.6 Å². The van der Waals surface area contributed by atoms with E-state index in [1.54, 1.807) is 23.6 Å². The Morgan fingerprint density at radius 1 is 1.40 bits per heavy atom. The number of carboxylic acids is 1. The number of benzene rings is 1. The monoisotopic (exact) mass is 418 g/mol. The molecule has 0 bridgehead atoms. The fourth-order valence-corrected chi connectivity index (χ4v) is 3.96. The third-order valence-electron chi connectivity index (χ3n) is 3.30. The molecular formula is C16H16Cl2N2O3S2. The Morgan fingerprint density at radius 3 is 2.80 bits per heavy atom. The van der Waals surface area contributed by atoms with E-state index in [-0.39, 0.29) is 12.3 Å². The van der Waals surface area contributed by atoms with Crippen LogP contribution in [0.1, 0.15) is 12.1 Å². The number of carboxylic acid groups (broad SMARTS) is 1. The van der Waals surface area contributed by atoms with Crippen molar-refractivity contribution >= 4 is 58.2 Å². The Labute approximate surface area is 163 Å². The molecule has 25 heavy (non-hydrogen) atoms. The largest absolute Gasteiger partial charge is 0.480 e. The molecule has 0 spiro atoms. The fraction of sp³-hybridized carbons (Fsp3) is 0.312. The number of aliphatic carboxylic acids is 1. The van der Waals surface area contributed by atoms with Gasteiger partial charge in [0.2, 0.25) is 5.91 Å². The average molecular weight is 419 g/mol. The second kappa shape index (κ2) is 9.43. The molecule has 1 atom stereocenters. The SMILES string of the molecule is CSCC[C@H](NC(=O)Cc1csc(-c2ccc(Cl)cc2Cl)n1)C(=O)O. The van der Waals surface area contributed by atoms with Crippen LogP contribution in [-0.4, -0.2) is 40.0 Å². The van der Waals surface area contributed by atoms with Crippen molar-refractivity contribution in [3.05, 3.63) is 39.3 Å². The Morgan fingerprint density at radius 2 is 2.16 bits per heavy atom. The summed E-state index contributed by atoms with van der Waals surface area (Å²) in [7, 11) is 0. The average Bonchev–Trinajstić information content (AvgIpc) is 2.99. The standard InChI is InChI=1S/C16H16Cl2N2O3S2/c1-24-5-4-13(16(22)23)20-14(21)7-10-8-25-15(19-10)11-3-2-9(17)6-12(11)18/h2-3,6,8,13H,4-5,7H2,1H3,(H,20,21)(H,22,23)/t13-/m0/s1. The molecule has 0 radical (unpaired) electrons. The zero-order chi connectivity index (χ0) is 18.4. The lowest BCUT2D eigenvalue weighted by Gasteiger charge is -2.13. The molecule has 1 heterocycles. The van der Waals surface area contributed by atoms with Gasteiger partial charge in [-0.2, -0.15) is 11.8 Å². The summed E-state index contributed by atoms with van der Waals surface area (Å²) in [6.07, 6.45) is 2.29. The molecular weight excluding hydrogens is 403 g/mol. The predicted octanol–water partition coefficient (Wildman–Crippen LogP) is 3.98. The number of halogens is 2. The van der Waals surface area contributed by atoms with Gasteiger partial charge >= 0.3 is 5.97 Å². The molecule has 134 valence electrons. The number of thiazole rings is 1. The van der Waals surface area contributed by atoms with E-state index >= 15 is 0 Å². The number of rotatable bonds is 8. The van der Waals surface area contributed by atoms with Crippen LogP contribution in [0.3, 0.4) is 0 Å². The quantitative estimate of drug-likeness (QED) is 0.677. The van der Waals surface area contributed by atoms with Gasteiger partial charge in [-0.3, -0.25) is 4.79 Å². The minimum atomic E-state index is -1.03. The van der Waals surface area contributed by atoms with E-state index in [1.165, 1.54) is 23.1 Å². The molecule has 0 aliphatic carbocycles. The van der Waals surface area contributed by atoms with Gasteiger partial charge in [0.1, 0.15) is 11.0 Å².